The maximum atomic E-state index is 5.66. The normalized spacial score (nSPS) is 10.6. The Labute approximate surface area is 87.6 Å². The molecule has 0 aromatic carbocycles. The van der Waals surface area contributed by atoms with Crippen molar-refractivity contribution in [2.75, 3.05) is 12.8 Å². The van der Waals surface area contributed by atoms with E-state index in [1.807, 2.05) is 22.9 Å². The van der Waals surface area contributed by atoms with Crippen molar-refractivity contribution in [3.05, 3.63) is 6.33 Å². The monoisotopic (exact) mass is 291 g/mol. The Hall–Kier alpha value is -1.12. The zero-order valence-electron chi connectivity index (χ0n) is 6.73. The molecule has 68 valence electrons. The van der Waals surface area contributed by atoms with Gasteiger partial charge in [-0.1, -0.05) is 0 Å². The van der Waals surface area contributed by atoms with E-state index in [0.717, 1.165) is 0 Å². The second-order valence-corrected chi connectivity index (χ2v) is 3.24. The Morgan fingerprint density at radius 2 is 2.31 bits per heavy atom. The quantitative estimate of drug-likeness (QED) is 0.779. The molecule has 6 nitrogen and oxygen atoms in total. The third-order valence-corrected chi connectivity index (χ3v) is 2.29. The van der Waals surface area contributed by atoms with E-state index in [0.29, 0.717) is 22.7 Å². The van der Waals surface area contributed by atoms with Gasteiger partial charge in [0, 0.05) is 0 Å². The molecule has 0 amide bonds. The van der Waals surface area contributed by atoms with E-state index in [-0.39, 0.29) is 0 Å². The summed E-state index contributed by atoms with van der Waals surface area (Å²) in [7, 11) is 1.53. The highest BCUT2D eigenvalue weighted by Gasteiger charge is 2.13. The third-order valence-electron chi connectivity index (χ3n) is 1.62. The lowest BCUT2D eigenvalue weighted by atomic mass is 10.4. The molecule has 0 aliphatic rings. The van der Waals surface area contributed by atoms with Crippen LogP contribution in [0.25, 0.3) is 11.0 Å². The third kappa shape index (κ3) is 1.19. The Morgan fingerprint density at radius 1 is 1.54 bits per heavy atom. The van der Waals surface area contributed by atoms with E-state index in [1.54, 1.807) is 2.90 Å². The average molecular weight is 291 g/mol. The van der Waals surface area contributed by atoms with Crippen LogP contribution in [0, 0.1) is 0 Å². The SMILES string of the molecule is COc1nn(I)c2ncnc(N)c12. The number of aromatic nitrogens is 4. The maximum Gasteiger partial charge on any atom is 0.246 e. The van der Waals surface area contributed by atoms with Gasteiger partial charge in [0.15, 0.2) is 5.65 Å². The first kappa shape index (κ1) is 8.48. The van der Waals surface area contributed by atoms with E-state index in [2.05, 4.69) is 15.1 Å². The summed E-state index contributed by atoms with van der Waals surface area (Å²) in [5.74, 6) is 0.826. The van der Waals surface area contributed by atoms with Crippen LogP contribution < -0.4 is 10.5 Å². The number of hydrogen-bond acceptors (Lipinski definition) is 5. The Bertz CT molecular complexity index is 453. The summed E-state index contributed by atoms with van der Waals surface area (Å²) in [6.07, 6.45) is 1.40. The van der Waals surface area contributed by atoms with Gasteiger partial charge in [-0.3, -0.25) is 0 Å². The fraction of sp³-hybridized carbons (Fsp3) is 0.167. The standard InChI is InChI=1S/C6H6IN5O/c1-13-6-3-4(8)9-2-10-5(3)12(7)11-6/h2H,1H3,(H2,8,9,10). The van der Waals surface area contributed by atoms with Gasteiger partial charge in [-0.2, -0.15) is 2.90 Å². The smallest absolute Gasteiger partial charge is 0.246 e. The van der Waals surface area contributed by atoms with Crippen LogP contribution in [0.5, 0.6) is 5.88 Å². The molecule has 2 heterocycles. The molecule has 0 fully saturated rings. The molecule has 0 bridgehead atoms. The molecular weight excluding hydrogens is 285 g/mol. The lowest BCUT2D eigenvalue weighted by Crippen LogP contribution is -1.93. The molecule has 0 aliphatic carbocycles. The molecule has 0 unspecified atom stereocenters. The zero-order chi connectivity index (χ0) is 9.42. The predicted octanol–water partition coefficient (Wildman–Crippen LogP) is 0.615. The summed E-state index contributed by atoms with van der Waals surface area (Å²) in [6, 6.07) is 0. The van der Waals surface area contributed by atoms with E-state index < -0.39 is 0 Å². The molecule has 2 aromatic heterocycles. The van der Waals surface area contributed by atoms with Crippen molar-refractivity contribution in [1.82, 2.24) is 18.0 Å². The number of fused-ring (bicyclic) bond motifs is 1. The van der Waals surface area contributed by atoms with Gasteiger partial charge in [0.2, 0.25) is 5.88 Å². The molecule has 0 aliphatic heterocycles. The number of nitrogen functional groups attached to an aromatic ring is 1. The lowest BCUT2D eigenvalue weighted by Gasteiger charge is -1.95. The van der Waals surface area contributed by atoms with Gasteiger partial charge in [0.25, 0.3) is 0 Å². The zero-order valence-corrected chi connectivity index (χ0v) is 8.89. The fourth-order valence-electron chi connectivity index (χ4n) is 1.05. The maximum absolute atomic E-state index is 5.66. The van der Waals surface area contributed by atoms with Gasteiger partial charge in [0.1, 0.15) is 17.5 Å². The molecule has 0 spiro atoms. The highest BCUT2D eigenvalue weighted by Crippen LogP contribution is 2.27. The minimum Gasteiger partial charge on any atom is -0.479 e. The Balaban J connectivity index is 2.89. The number of nitrogens with two attached hydrogens (primary N) is 1. The number of hydrogen-bond donors (Lipinski definition) is 1. The van der Waals surface area contributed by atoms with Gasteiger partial charge in [0.05, 0.1) is 30.0 Å². The average Bonchev–Trinajstić information content (AvgIpc) is 2.45. The van der Waals surface area contributed by atoms with Crippen LogP contribution in [0.1, 0.15) is 0 Å². The molecule has 0 atom stereocenters. The Morgan fingerprint density at radius 3 is 3.00 bits per heavy atom. The van der Waals surface area contributed by atoms with Crippen molar-refractivity contribution in [2.45, 2.75) is 0 Å². The number of methoxy groups -OCH3 is 1. The van der Waals surface area contributed by atoms with Gasteiger partial charge in [-0.25, -0.2) is 9.97 Å². The fourth-order valence-corrected chi connectivity index (χ4v) is 1.62. The van der Waals surface area contributed by atoms with Crippen LogP contribution in [0.3, 0.4) is 0 Å². The van der Waals surface area contributed by atoms with Crippen LogP contribution in [-0.4, -0.2) is 25.1 Å². The van der Waals surface area contributed by atoms with Gasteiger partial charge in [-0.15, -0.1) is 5.10 Å². The molecule has 0 saturated carbocycles. The number of nitrogens with zero attached hydrogens (tertiary/aromatic N) is 4. The largest absolute Gasteiger partial charge is 0.479 e. The first-order valence-electron chi connectivity index (χ1n) is 3.43. The van der Waals surface area contributed by atoms with Gasteiger partial charge >= 0.3 is 0 Å². The molecule has 7 heteroatoms. The highest BCUT2D eigenvalue weighted by atomic mass is 127. The van der Waals surface area contributed by atoms with Crippen LogP contribution in [0.2, 0.25) is 0 Å². The lowest BCUT2D eigenvalue weighted by molar-refractivity contribution is 0.401. The molecule has 13 heavy (non-hydrogen) atoms. The first-order valence-corrected chi connectivity index (χ1v) is 4.40. The predicted molar refractivity (Wildman–Crippen MR) is 55.7 cm³/mol. The Kier molecular flexibility index (Phi) is 1.94. The minimum absolute atomic E-state index is 0.379. The number of anilines is 1. The topological polar surface area (TPSA) is 78.8 Å². The van der Waals surface area contributed by atoms with Crippen molar-refractivity contribution < 1.29 is 4.74 Å². The molecule has 0 radical (unpaired) electrons. The van der Waals surface area contributed by atoms with E-state index in [9.17, 15) is 0 Å². The van der Waals surface area contributed by atoms with Crippen molar-refractivity contribution in [3.63, 3.8) is 0 Å². The van der Waals surface area contributed by atoms with Gasteiger partial charge < -0.3 is 10.5 Å². The van der Waals surface area contributed by atoms with Crippen molar-refractivity contribution >= 4 is 39.7 Å². The second kappa shape index (κ2) is 2.98. The highest BCUT2D eigenvalue weighted by molar-refractivity contribution is 14.1. The molecule has 2 N–H and O–H groups in total. The van der Waals surface area contributed by atoms with E-state index in [4.69, 9.17) is 10.5 Å². The molecular formula is C6H6IN5O. The van der Waals surface area contributed by atoms with Crippen molar-refractivity contribution in [3.8, 4) is 5.88 Å². The van der Waals surface area contributed by atoms with Crippen LogP contribution in [0.4, 0.5) is 5.82 Å². The second-order valence-electron chi connectivity index (χ2n) is 2.33. The number of rotatable bonds is 1. The summed E-state index contributed by atoms with van der Waals surface area (Å²) in [6.45, 7) is 0. The van der Waals surface area contributed by atoms with Crippen LogP contribution in [0.15, 0.2) is 6.33 Å². The summed E-state index contributed by atoms with van der Waals surface area (Å²) in [5, 5.41) is 4.72. The summed E-state index contributed by atoms with van der Waals surface area (Å²) in [4.78, 5) is 7.89. The van der Waals surface area contributed by atoms with Crippen LogP contribution >= 0.6 is 22.9 Å². The molecule has 2 aromatic rings. The summed E-state index contributed by atoms with van der Waals surface area (Å²) in [5.41, 5.74) is 6.32. The molecule has 0 saturated heterocycles. The first-order chi connectivity index (χ1) is 6.24. The summed E-state index contributed by atoms with van der Waals surface area (Å²) < 4.78 is 6.61. The van der Waals surface area contributed by atoms with E-state index in [1.165, 1.54) is 13.4 Å². The molecule has 2 rings (SSSR count). The van der Waals surface area contributed by atoms with E-state index >= 15 is 0 Å². The van der Waals surface area contributed by atoms with Crippen LogP contribution in [-0.2, 0) is 0 Å². The summed E-state index contributed by atoms with van der Waals surface area (Å²) >= 11 is 2.00. The minimum atomic E-state index is 0.379. The van der Waals surface area contributed by atoms with Gasteiger partial charge in [-0.05, 0) is 0 Å². The van der Waals surface area contributed by atoms with Crippen molar-refractivity contribution in [1.29, 1.82) is 0 Å². The van der Waals surface area contributed by atoms with Crippen molar-refractivity contribution in [2.24, 2.45) is 0 Å². The number of ether oxygens (including phenoxy) is 1. The number of halogens is 1.